The van der Waals surface area contributed by atoms with Gasteiger partial charge in [-0.15, -0.1) is 0 Å². The van der Waals surface area contributed by atoms with E-state index in [1.54, 1.807) is 0 Å². The molecule has 0 heterocycles. The zero-order valence-corrected chi connectivity index (χ0v) is 33.7. The summed E-state index contributed by atoms with van der Waals surface area (Å²) in [6.45, 7) is 0. The maximum atomic E-state index is 2.46. The van der Waals surface area contributed by atoms with Crippen LogP contribution in [0.1, 0.15) is 22.6 Å². The van der Waals surface area contributed by atoms with Crippen LogP contribution < -0.4 is 4.90 Å². The Kier molecular flexibility index (Phi) is 8.38. The van der Waals surface area contributed by atoms with E-state index in [0.29, 0.717) is 0 Å². The van der Waals surface area contributed by atoms with E-state index in [1.807, 2.05) is 0 Å². The van der Waals surface area contributed by atoms with E-state index >= 15 is 0 Å². The SMILES string of the molecule is c1ccc(-c2ccc(N(c3ccc(-c4ccc5c(c4)-c4c(c6ccccc6c6ccccc46)C(c4ccccc4)C5)cc3)c3cc4ccccc4c4ccccc34)cc2)cc1. The van der Waals surface area contributed by atoms with Gasteiger partial charge in [0, 0.05) is 22.7 Å². The van der Waals surface area contributed by atoms with E-state index in [0.717, 1.165) is 23.5 Å². The highest BCUT2D eigenvalue weighted by Gasteiger charge is 2.30. The number of hydrogen-bond donors (Lipinski definition) is 0. The van der Waals surface area contributed by atoms with E-state index < -0.39 is 0 Å². The van der Waals surface area contributed by atoms with Gasteiger partial charge in [-0.3, -0.25) is 0 Å². The lowest BCUT2D eigenvalue weighted by atomic mass is 9.71. The van der Waals surface area contributed by atoms with Crippen molar-refractivity contribution in [1.29, 1.82) is 0 Å². The summed E-state index contributed by atoms with van der Waals surface area (Å²) in [7, 11) is 0. The molecule has 0 spiro atoms. The van der Waals surface area contributed by atoms with Crippen LogP contribution in [0, 0.1) is 0 Å². The molecule has 1 aliphatic rings. The van der Waals surface area contributed by atoms with Gasteiger partial charge in [-0.25, -0.2) is 0 Å². The molecule has 0 saturated heterocycles. The third-order valence-electron chi connectivity index (χ3n) is 13.0. The molecule has 286 valence electrons. The number of fused-ring (bicyclic) bond motifs is 11. The first-order valence-corrected chi connectivity index (χ1v) is 21.3. The van der Waals surface area contributed by atoms with Gasteiger partial charge in [0.2, 0.25) is 0 Å². The second-order valence-corrected chi connectivity index (χ2v) is 16.4. The van der Waals surface area contributed by atoms with Crippen molar-refractivity contribution < 1.29 is 0 Å². The summed E-state index contributed by atoms with van der Waals surface area (Å²) >= 11 is 0. The van der Waals surface area contributed by atoms with Crippen LogP contribution in [-0.4, -0.2) is 0 Å². The first-order valence-electron chi connectivity index (χ1n) is 21.3. The average molecular weight is 776 g/mol. The van der Waals surface area contributed by atoms with E-state index in [9.17, 15) is 0 Å². The molecule has 1 heteroatoms. The molecule has 0 N–H and O–H groups in total. The van der Waals surface area contributed by atoms with Gasteiger partial charge in [0.25, 0.3) is 0 Å². The Hall–Kier alpha value is -7.74. The van der Waals surface area contributed by atoms with E-state index in [-0.39, 0.29) is 5.92 Å². The molecule has 11 aromatic carbocycles. The zero-order chi connectivity index (χ0) is 40.3. The summed E-state index contributed by atoms with van der Waals surface area (Å²) in [5.74, 6) is 0.266. The predicted octanol–water partition coefficient (Wildman–Crippen LogP) is 16.5. The molecule has 1 nitrogen and oxygen atoms in total. The molecule has 0 aliphatic heterocycles. The highest BCUT2D eigenvalue weighted by molar-refractivity contribution is 6.17. The lowest BCUT2D eigenvalue weighted by Gasteiger charge is -2.32. The topological polar surface area (TPSA) is 3.24 Å². The zero-order valence-electron chi connectivity index (χ0n) is 33.7. The largest absolute Gasteiger partial charge is 0.310 e. The molecule has 12 rings (SSSR count). The fourth-order valence-corrected chi connectivity index (χ4v) is 10.2. The minimum Gasteiger partial charge on any atom is -0.310 e. The van der Waals surface area contributed by atoms with Gasteiger partial charge in [0.1, 0.15) is 0 Å². The van der Waals surface area contributed by atoms with Gasteiger partial charge in [-0.2, -0.15) is 0 Å². The maximum absolute atomic E-state index is 2.46. The van der Waals surface area contributed by atoms with Crippen LogP contribution in [0.5, 0.6) is 0 Å². The molecule has 0 radical (unpaired) electrons. The number of nitrogens with zero attached hydrogens (tertiary/aromatic N) is 1. The first-order chi connectivity index (χ1) is 30.3. The highest BCUT2D eigenvalue weighted by Crippen LogP contribution is 2.51. The average Bonchev–Trinajstić information content (AvgIpc) is 3.34. The van der Waals surface area contributed by atoms with Crippen LogP contribution >= 0.6 is 0 Å². The second kappa shape index (κ2) is 14.5. The molecular formula is C60H41N. The third kappa shape index (κ3) is 5.93. The van der Waals surface area contributed by atoms with Gasteiger partial charge in [0.05, 0.1) is 5.69 Å². The molecule has 1 unspecified atom stereocenters. The molecule has 1 atom stereocenters. The van der Waals surface area contributed by atoms with Crippen molar-refractivity contribution in [2.45, 2.75) is 12.3 Å². The van der Waals surface area contributed by atoms with Gasteiger partial charge >= 0.3 is 0 Å². The van der Waals surface area contributed by atoms with Crippen molar-refractivity contribution in [3.05, 3.63) is 247 Å². The maximum Gasteiger partial charge on any atom is 0.0546 e. The number of benzene rings is 11. The quantitative estimate of drug-likeness (QED) is 0.152. The van der Waals surface area contributed by atoms with Crippen LogP contribution in [0.4, 0.5) is 17.1 Å². The van der Waals surface area contributed by atoms with Crippen LogP contribution in [0.2, 0.25) is 0 Å². The predicted molar refractivity (Wildman–Crippen MR) is 259 cm³/mol. The Labute approximate surface area is 356 Å². The van der Waals surface area contributed by atoms with Crippen molar-refractivity contribution in [2.75, 3.05) is 4.90 Å². The monoisotopic (exact) mass is 775 g/mol. The Balaban J connectivity index is 1.01. The summed E-state index contributed by atoms with van der Waals surface area (Å²) in [5.41, 5.74) is 15.1. The van der Waals surface area contributed by atoms with Gasteiger partial charge in [-0.1, -0.05) is 194 Å². The summed E-state index contributed by atoms with van der Waals surface area (Å²) in [6, 6.07) is 85.1. The lowest BCUT2D eigenvalue weighted by Crippen LogP contribution is -2.14. The van der Waals surface area contributed by atoms with Crippen molar-refractivity contribution in [1.82, 2.24) is 0 Å². The van der Waals surface area contributed by atoms with Crippen LogP contribution in [0.25, 0.3) is 76.5 Å². The fraction of sp³-hybridized carbons (Fsp3) is 0.0333. The third-order valence-corrected chi connectivity index (χ3v) is 13.0. The molecule has 1 aliphatic carbocycles. The van der Waals surface area contributed by atoms with Crippen molar-refractivity contribution >= 4 is 60.2 Å². The Morgan fingerprint density at radius 1 is 0.344 bits per heavy atom. The molecule has 0 aromatic heterocycles. The van der Waals surface area contributed by atoms with E-state index in [1.165, 1.54) is 93.2 Å². The van der Waals surface area contributed by atoms with Gasteiger partial charge < -0.3 is 4.90 Å². The highest BCUT2D eigenvalue weighted by atomic mass is 15.1. The molecule has 11 aromatic rings. The standard InChI is InChI=1S/C60H41N/c1-3-15-40(16-4-1)41-29-33-47(34-30-41)61(58-39-45-19-7-8-20-49(45)50-21-9-12-24-53(50)58)48-35-31-42(32-36-48)44-27-28-46-38-56(43-17-5-2-6-18-43)59-54-25-13-10-22-51(54)52-23-11-14-26-55(52)60(59)57(46)37-44/h1-37,39,56H,38H2. The second-order valence-electron chi connectivity index (χ2n) is 16.4. The molecule has 61 heavy (non-hydrogen) atoms. The van der Waals surface area contributed by atoms with Gasteiger partial charge in [-0.05, 0) is 131 Å². The first kappa shape index (κ1) is 35.2. The number of anilines is 3. The summed E-state index contributed by atoms with van der Waals surface area (Å²) in [6.07, 6.45) is 0.964. The summed E-state index contributed by atoms with van der Waals surface area (Å²) in [5, 5.41) is 10.3. The smallest absolute Gasteiger partial charge is 0.0546 e. The lowest BCUT2D eigenvalue weighted by molar-refractivity contribution is 0.802. The van der Waals surface area contributed by atoms with Crippen molar-refractivity contribution in [2.24, 2.45) is 0 Å². The molecule has 0 fully saturated rings. The Morgan fingerprint density at radius 2 is 0.820 bits per heavy atom. The Bertz CT molecular complexity index is 3420. The molecule has 0 saturated carbocycles. The van der Waals surface area contributed by atoms with Crippen LogP contribution in [0.3, 0.4) is 0 Å². The summed E-state index contributed by atoms with van der Waals surface area (Å²) in [4.78, 5) is 2.43. The normalized spacial score (nSPS) is 13.3. The van der Waals surface area contributed by atoms with Crippen molar-refractivity contribution in [3.8, 4) is 33.4 Å². The molecule has 0 bridgehead atoms. The van der Waals surface area contributed by atoms with E-state index in [4.69, 9.17) is 0 Å². The molecule has 0 amide bonds. The van der Waals surface area contributed by atoms with Gasteiger partial charge in [0.15, 0.2) is 0 Å². The Morgan fingerprint density at radius 3 is 1.49 bits per heavy atom. The minimum atomic E-state index is 0.266. The number of rotatable bonds is 6. The fourth-order valence-electron chi connectivity index (χ4n) is 10.2. The van der Waals surface area contributed by atoms with Crippen LogP contribution in [0.15, 0.2) is 231 Å². The minimum absolute atomic E-state index is 0.266. The molecular weight excluding hydrogens is 735 g/mol. The van der Waals surface area contributed by atoms with Crippen LogP contribution in [-0.2, 0) is 6.42 Å². The van der Waals surface area contributed by atoms with E-state index in [2.05, 4.69) is 235 Å². The summed E-state index contributed by atoms with van der Waals surface area (Å²) < 4.78 is 0. The number of hydrogen-bond acceptors (Lipinski definition) is 1. The van der Waals surface area contributed by atoms with Crippen molar-refractivity contribution in [3.63, 3.8) is 0 Å².